The molecule has 0 aliphatic carbocycles. The molecule has 0 saturated carbocycles. The van der Waals surface area contributed by atoms with E-state index in [1.165, 1.54) is 0 Å². The molecule has 0 bridgehead atoms. The molecule has 0 atom stereocenters. The Morgan fingerprint density at radius 3 is 2.88 bits per heavy atom. The van der Waals surface area contributed by atoms with E-state index in [9.17, 15) is 8.42 Å². The summed E-state index contributed by atoms with van der Waals surface area (Å²) in [5, 5.41) is 3.61. The third-order valence-electron chi connectivity index (χ3n) is 2.88. The lowest BCUT2D eigenvalue weighted by Gasteiger charge is -2.02. The van der Waals surface area contributed by atoms with Crippen molar-refractivity contribution in [1.29, 1.82) is 0 Å². The quantitative estimate of drug-likeness (QED) is 0.823. The molecule has 2 aromatic rings. The van der Waals surface area contributed by atoms with E-state index in [1.54, 1.807) is 18.2 Å². The molecule has 0 unspecified atom stereocenters. The van der Waals surface area contributed by atoms with Crippen LogP contribution in [0.3, 0.4) is 0 Å². The minimum absolute atomic E-state index is 0.156. The molecule has 1 aliphatic heterocycles. The molecular weight excluding hydrogens is 240 g/mol. The maximum absolute atomic E-state index is 11.8. The number of hydrogen-bond donors (Lipinski definition) is 1. The van der Waals surface area contributed by atoms with Crippen LogP contribution < -0.4 is 5.73 Å². The lowest BCUT2D eigenvalue weighted by atomic mass is 10.0. The molecular formula is C11H10N2O3S. The van der Waals surface area contributed by atoms with Crippen LogP contribution in [0.4, 0.5) is 5.82 Å². The van der Waals surface area contributed by atoms with Crippen molar-refractivity contribution in [2.24, 2.45) is 0 Å². The Bertz CT molecular complexity index is 688. The number of benzene rings is 1. The lowest BCUT2D eigenvalue weighted by Crippen LogP contribution is -1.98. The molecule has 0 spiro atoms. The van der Waals surface area contributed by atoms with Gasteiger partial charge in [0.15, 0.2) is 21.4 Å². The molecule has 1 aliphatic rings. The highest BCUT2D eigenvalue weighted by Crippen LogP contribution is 2.34. The minimum Gasteiger partial charge on any atom is -0.381 e. The Morgan fingerprint density at radius 2 is 2.18 bits per heavy atom. The van der Waals surface area contributed by atoms with E-state index in [2.05, 4.69) is 5.16 Å². The van der Waals surface area contributed by atoms with Crippen LogP contribution >= 0.6 is 0 Å². The number of nitrogen functional groups attached to an aromatic ring is 1. The van der Waals surface area contributed by atoms with Crippen molar-refractivity contribution in [1.82, 2.24) is 5.16 Å². The summed E-state index contributed by atoms with van der Waals surface area (Å²) >= 11 is 0. The Balaban J connectivity index is 2.25. The van der Waals surface area contributed by atoms with Crippen LogP contribution in [0.2, 0.25) is 0 Å². The number of nitrogens with two attached hydrogens (primary N) is 1. The van der Waals surface area contributed by atoms with Crippen LogP contribution in [-0.4, -0.2) is 19.3 Å². The molecule has 17 heavy (non-hydrogen) atoms. The van der Waals surface area contributed by atoms with Crippen LogP contribution in [-0.2, 0) is 16.3 Å². The van der Waals surface area contributed by atoms with E-state index in [1.807, 2.05) is 6.07 Å². The summed E-state index contributed by atoms with van der Waals surface area (Å²) in [6.45, 7) is 0. The molecule has 1 aromatic heterocycles. The predicted molar refractivity (Wildman–Crippen MR) is 62.1 cm³/mol. The van der Waals surface area contributed by atoms with Crippen LogP contribution in [0.5, 0.6) is 0 Å². The fourth-order valence-corrected chi connectivity index (χ4v) is 3.67. The number of sulfone groups is 1. The van der Waals surface area contributed by atoms with E-state index in [-0.39, 0.29) is 5.75 Å². The van der Waals surface area contributed by atoms with Crippen molar-refractivity contribution >= 4 is 15.7 Å². The highest BCUT2D eigenvalue weighted by molar-refractivity contribution is 7.91. The molecule has 0 fully saturated rings. The summed E-state index contributed by atoms with van der Waals surface area (Å²) in [4.78, 5) is 0.393. The average molecular weight is 250 g/mol. The standard InChI is InChI=1S/C11H10N2O3S/c12-11-6-9(16-13-11)7-2-1-3-10-8(7)4-5-17(10,14)15/h1-3,6H,4-5H2,(H2,12,13). The maximum atomic E-state index is 11.8. The molecule has 6 heteroatoms. The van der Waals surface area contributed by atoms with E-state index in [0.29, 0.717) is 22.9 Å². The first kappa shape index (κ1) is 10.3. The van der Waals surface area contributed by atoms with Crippen molar-refractivity contribution < 1.29 is 12.9 Å². The summed E-state index contributed by atoms with van der Waals surface area (Å²) in [5.41, 5.74) is 7.04. The maximum Gasteiger partial charge on any atom is 0.179 e. The van der Waals surface area contributed by atoms with E-state index >= 15 is 0 Å². The highest BCUT2D eigenvalue weighted by atomic mass is 32.2. The van der Waals surface area contributed by atoms with Gasteiger partial charge in [-0.3, -0.25) is 0 Å². The third-order valence-corrected chi connectivity index (χ3v) is 4.68. The van der Waals surface area contributed by atoms with E-state index in [0.717, 1.165) is 11.1 Å². The third kappa shape index (κ3) is 1.52. The van der Waals surface area contributed by atoms with Crippen molar-refractivity contribution in [3.63, 3.8) is 0 Å². The van der Waals surface area contributed by atoms with Gasteiger partial charge < -0.3 is 10.3 Å². The fourth-order valence-electron chi connectivity index (χ4n) is 2.11. The first-order chi connectivity index (χ1) is 8.08. The number of anilines is 1. The number of nitrogens with zero attached hydrogens (tertiary/aromatic N) is 1. The van der Waals surface area contributed by atoms with Gasteiger partial charge in [-0.2, -0.15) is 0 Å². The van der Waals surface area contributed by atoms with Gasteiger partial charge in [0.05, 0.1) is 10.6 Å². The number of hydrogen-bond acceptors (Lipinski definition) is 5. The van der Waals surface area contributed by atoms with Crippen LogP contribution in [0.15, 0.2) is 33.7 Å². The largest absolute Gasteiger partial charge is 0.381 e. The molecule has 88 valence electrons. The van der Waals surface area contributed by atoms with E-state index in [4.69, 9.17) is 10.3 Å². The van der Waals surface area contributed by atoms with Gasteiger partial charge in [-0.15, -0.1) is 0 Å². The number of fused-ring (bicyclic) bond motifs is 1. The first-order valence-corrected chi connectivity index (χ1v) is 6.80. The van der Waals surface area contributed by atoms with Crippen molar-refractivity contribution in [2.45, 2.75) is 11.3 Å². The zero-order valence-electron chi connectivity index (χ0n) is 8.88. The van der Waals surface area contributed by atoms with Gasteiger partial charge in [-0.05, 0) is 18.1 Å². The zero-order chi connectivity index (χ0) is 12.0. The number of rotatable bonds is 1. The van der Waals surface area contributed by atoms with Gasteiger partial charge in [0.2, 0.25) is 0 Å². The Morgan fingerprint density at radius 1 is 1.35 bits per heavy atom. The smallest absolute Gasteiger partial charge is 0.179 e. The van der Waals surface area contributed by atoms with Gasteiger partial charge in [0.25, 0.3) is 0 Å². The zero-order valence-corrected chi connectivity index (χ0v) is 9.70. The van der Waals surface area contributed by atoms with Gasteiger partial charge in [0, 0.05) is 11.6 Å². The van der Waals surface area contributed by atoms with Crippen LogP contribution in [0.25, 0.3) is 11.3 Å². The normalized spacial score (nSPS) is 16.9. The SMILES string of the molecule is Nc1cc(-c2cccc3c2CCS3(=O)=O)on1. The minimum atomic E-state index is -3.12. The molecule has 0 amide bonds. The van der Waals surface area contributed by atoms with Crippen LogP contribution in [0.1, 0.15) is 5.56 Å². The summed E-state index contributed by atoms with van der Waals surface area (Å²) in [5.74, 6) is 0.957. The van der Waals surface area contributed by atoms with E-state index < -0.39 is 9.84 Å². The monoisotopic (exact) mass is 250 g/mol. The van der Waals surface area contributed by atoms with Crippen LogP contribution in [0, 0.1) is 0 Å². The summed E-state index contributed by atoms with van der Waals surface area (Å²) in [6, 6.07) is 6.75. The second-order valence-corrected chi connectivity index (χ2v) is 6.04. The topological polar surface area (TPSA) is 86.2 Å². The Kier molecular flexibility index (Phi) is 2.03. The van der Waals surface area contributed by atoms with Gasteiger partial charge in [-0.25, -0.2) is 8.42 Å². The lowest BCUT2D eigenvalue weighted by molar-refractivity contribution is 0.435. The van der Waals surface area contributed by atoms with Crippen molar-refractivity contribution in [3.05, 3.63) is 29.8 Å². The first-order valence-electron chi connectivity index (χ1n) is 5.15. The Labute approximate surface area is 98.1 Å². The van der Waals surface area contributed by atoms with Gasteiger partial charge >= 0.3 is 0 Å². The molecule has 0 saturated heterocycles. The fraction of sp³-hybridized carbons (Fsp3) is 0.182. The second kappa shape index (κ2) is 3.33. The molecule has 5 nitrogen and oxygen atoms in total. The summed E-state index contributed by atoms with van der Waals surface area (Å²) in [7, 11) is -3.12. The van der Waals surface area contributed by atoms with Crippen molar-refractivity contribution in [3.8, 4) is 11.3 Å². The molecule has 2 N–H and O–H groups in total. The van der Waals surface area contributed by atoms with Gasteiger partial charge in [0.1, 0.15) is 0 Å². The molecule has 2 heterocycles. The highest BCUT2D eigenvalue weighted by Gasteiger charge is 2.29. The molecule has 3 rings (SSSR count). The number of aromatic nitrogens is 1. The summed E-state index contributed by atoms with van der Waals surface area (Å²) < 4.78 is 28.6. The predicted octanol–water partition coefficient (Wildman–Crippen LogP) is 1.25. The van der Waals surface area contributed by atoms with Crippen molar-refractivity contribution in [2.75, 3.05) is 11.5 Å². The summed E-state index contributed by atoms with van der Waals surface area (Å²) in [6.07, 6.45) is 0.508. The van der Waals surface area contributed by atoms with Gasteiger partial charge in [-0.1, -0.05) is 17.3 Å². The second-order valence-electron chi connectivity index (χ2n) is 3.97. The molecule has 0 radical (unpaired) electrons. The Hall–Kier alpha value is -1.82. The average Bonchev–Trinajstić information content (AvgIpc) is 2.84. The molecule has 1 aromatic carbocycles.